The van der Waals surface area contributed by atoms with E-state index in [1.165, 1.54) is 12.8 Å². The SMILES string of the molecule is COc1ccc(Nc2cc(C)nc(N3CCCC(C)C3)n2)c(OC)c1. The van der Waals surface area contributed by atoms with Crippen molar-refractivity contribution in [3.05, 3.63) is 30.0 Å². The van der Waals surface area contributed by atoms with Crippen molar-refractivity contribution >= 4 is 17.5 Å². The van der Waals surface area contributed by atoms with Gasteiger partial charge in [-0.2, -0.15) is 4.98 Å². The summed E-state index contributed by atoms with van der Waals surface area (Å²) < 4.78 is 10.7. The molecule has 6 nitrogen and oxygen atoms in total. The van der Waals surface area contributed by atoms with Crippen molar-refractivity contribution in [3.63, 3.8) is 0 Å². The second-order valence-electron chi connectivity index (χ2n) is 6.58. The number of benzene rings is 1. The maximum Gasteiger partial charge on any atom is 0.227 e. The van der Waals surface area contributed by atoms with E-state index in [9.17, 15) is 0 Å². The Hall–Kier alpha value is -2.50. The Morgan fingerprint density at radius 2 is 2.00 bits per heavy atom. The zero-order chi connectivity index (χ0) is 17.8. The molecule has 1 aliphatic heterocycles. The maximum atomic E-state index is 5.45. The Morgan fingerprint density at radius 1 is 1.16 bits per heavy atom. The fourth-order valence-corrected chi connectivity index (χ4v) is 3.17. The predicted octanol–water partition coefficient (Wildman–Crippen LogP) is 3.78. The minimum Gasteiger partial charge on any atom is -0.497 e. The lowest BCUT2D eigenvalue weighted by Gasteiger charge is -2.31. The lowest BCUT2D eigenvalue weighted by atomic mass is 10.0. The number of anilines is 3. The number of ether oxygens (including phenoxy) is 2. The Labute approximate surface area is 149 Å². The third-order valence-electron chi connectivity index (χ3n) is 4.45. The molecule has 3 rings (SSSR count). The summed E-state index contributed by atoms with van der Waals surface area (Å²) in [5.74, 6) is 3.70. The van der Waals surface area contributed by atoms with Crippen molar-refractivity contribution in [2.45, 2.75) is 26.7 Å². The molecular formula is C19H26N4O2. The third-order valence-corrected chi connectivity index (χ3v) is 4.45. The van der Waals surface area contributed by atoms with Gasteiger partial charge in [-0.25, -0.2) is 4.98 Å². The molecule has 134 valence electrons. The van der Waals surface area contributed by atoms with Gasteiger partial charge in [-0.05, 0) is 37.8 Å². The quantitative estimate of drug-likeness (QED) is 0.892. The average Bonchev–Trinajstić information content (AvgIpc) is 2.61. The molecule has 1 aromatic carbocycles. The van der Waals surface area contributed by atoms with E-state index in [4.69, 9.17) is 14.5 Å². The van der Waals surface area contributed by atoms with Crippen LogP contribution in [-0.4, -0.2) is 37.3 Å². The number of hydrogen-bond acceptors (Lipinski definition) is 6. The van der Waals surface area contributed by atoms with Gasteiger partial charge in [0.15, 0.2) is 0 Å². The topological polar surface area (TPSA) is 59.5 Å². The first-order chi connectivity index (χ1) is 12.1. The Balaban J connectivity index is 1.85. The molecule has 1 aliphatic rings. The van der Waals surface area contributed by atoms with Crippen LogP contribution in [-0.2, 0) is 0 Å². The van der Waals surface area contributed by atoms with Gasteiger partial charge in [-0.3, -0.25) is 0 Å². The Kier molecular flexibility index (Phi) is 5.26. The van der Waals surface area contributed by atoms with Gasteiger partial charge in [-0.1, -0.05) is 6.92 Å². The van der Waals surface area contributed by atoms with E-state index < -0.39 is 0 Å². The summed E-state index contributed by atoms with van der Waals surface area (Å²) in [6.45, 7) is 6.30. The molecule has 2 aromatic rings. The second kappa shape index (κ2) is 7.59. The molecule has 25 heavy (non-hydrogen) atoms. The normalized spacial score (nSPS) is 17.3. The molecule has 0 spiro atoms. The van der Waals surface area contributed by atoms with Gasteiger partial charge in [0.2, 0.25) is 5.95 Å². The van der Waals surface area contributed by atoms with Crippen LogP contribution in [0.5, 0.6) is 11.5 Å². The maximum absolute atomic E-state index is 5.45. The molecule has 6 heteroatoms. The lowest BCUT2D eigenvalue weighted by Crippen LogP contribution is -2.35. The second-order valence-corrected chi connectivity index (χ2v) is 6.58. The Bertz CT molecular complexity index is 735. The summed E-state index contributed by atoms with van der Waals surface area (Å²) in [6, 6.07) is 7.62. The molecule has 0 radical (unpaired) electrons. The van der Waals surface area contributed by atoms with E-state index in [0.29, 0.717) is 11.7 Å². The highest BCUT2D eigenvalue weighted by molar-refractivity contribution is 5.66. The predicted molar refractivity (Wildman–Crippen MR) is 100 cm³/mol. The molecule has 1 saturated heterocycles. The number of hydrogen-bond donors (Lipinski definition) is 1. The van der Waals surface area contributed by atoms with Crippen molar-refractivity contribution in [1.29, 1.82) is 0 Å². The van der Waals surface area contributed by atoms with Crippen LogP contribution in [0.2, 0.25) is 0 Å². The first-order valence-electron chi connectivity index (χ1n) is 8.68. The van der Waals surface area contributed by atoms with Crippen molar-refractivity contribution < 1.29 is 9.47 Å². The monoisotopic (exact) mass is 342 g/mol. The Morgan fingerprint density at radius 3 is 2.72 bits per heavy atom. The summed E-state index contributed by atoms with van der Waals surface area (Å²) >= 11 is 0. The van der Waals surface area contributed by atoms with Crippen LogP contribution in [0, 0.1) is 12.8 Å². The van der Waals surface area contributed by atoms with Crippen molar-refractivity contribution in [3.8, 4) is 11.5 Å². The first-order valence-corrected chi connectivity index (χ1v) is 8.68. The number of aryl methyl sites for hydroxylation is 1. The first kappa shape index (κ1) is 17.3. The average molecular weight is 342 g/mol. The molecule has 1 atom stereocenters. The highest BCUT2D eigenvalue weighted by Gasteiger charge is 2.19. The van der Waals surface area contributed by atoms with Crippen molar-refractivity contribution in [2.75, 3.05) is 37.5 Å². The molecular weight excluding hydrogens is 316 g/mol. The van der Waals surface area contributed by atoms with Gasteiger partial charge < -0.3 is 19.7 Å². The van der Waals surface area contributed by atoms with Crippen molar-refractivity contribution in [2.24, 2.45) is 5.92 Å². The van der Waals surface area contributed by atoms with E-state index in [0.717, 1.165) is 42.0 Å². The number of piperidine rings is 1. The lowest BCUT2D eigenvalue weighted by molar-refractivity contribution is 0.395. The third kappa shape index (κ3) is 4.13. The molecule has 2 heterocycles. The van der Waals surface area contributed by atoms with Crippen LogP contribution in [0.1, 0.15) is 25.5 Å². The van der Waals surface area contributed by atoms with Gasteiger partial charge in [0.25, 0.3) is 0 Å². The highest BCUT2D eigenvalue weighted by atomic mass is 16.5. The standard InChI is InChI=1S/C19H26N4O2/c1-13-6-5-9-23(12-13)19-20-14(2)10-18(22-19)21-16-8-7-15(24-3)11-17(16)25-4/h7-8,10-11,13H,5-6,9,12H2,1-4H3,(H,20,21,22). The largest absolute Gasteiger partial charge is 0.497 e. The zero-order valence-electron chi connectivity index (χ0n) is 15.4. The van der Waals surface area contributed by atoms with Crippen molar-refractivity contribution in [1.82, 2.24) is 9.97 Å². The van der Waals surface area contributed by atoms with E-state index in [1.54, 1.807) is 14.2 Å². The van der Waals surface area contributed by atoms with Gasteiger partial charge in [-0.15, -0.1) is 0 Å². The van der Waals surface area contributed by atoms with E-state index in [1.807, 2.05) is 31.2 Å². The van der Waals surface area contributed by atoms with Crippen LogP contribution in [0.3, 0.4) is 0 Å². The van der Waals surface area contributed by atoms with Crippen LogP contribution in [0.15, 0.2) is 24.3 Å². The summed E-state index contributed by atoms with van der Waals surface area (Å²) in [6.07, 6.45) is 2.46. The van der Waals surface area contributed by atoms with Gasteiger partial charge >= 0.3 is 0 Å². The number of rotatable bonds is 5. The molecule has 0 bridgehead atoms. The molecule has 0 aliphatic carbocycles. The zero-order valence-corrected chi connectivity index (χ0v) is 15.4. The smallest absolute Gasteiger partial charge is 0.227 e. The summed E-state index contributed by atoms with van der Waals surface area (Å²) in [5, 5.41) is 3.35. The number of nitrogens with one attached hydrogen (secondary N) is 1. The van der Waals surface area contributed by atoms with Gasteiger partial charge in [0, 0.05) is 30.9 Å². The van der Waals surface area contributed by atoms with Crippen LogP contribution in [0.25, 0.3) is 0 Å². The number of methoxy groups -OCH3 is 2. The summed E-state index contributed by atoms with van der Waals surface area (Å²) in [7, 11) is 3.28. The van der Waals surface area contributed by atoms with E-state index in [-0.39, 0.29) is 0 Å². The van der Waals surface area contributed by atoms with Gasteiger partial charge in [0.1, 0.15) is 17.3 Å². The summed E-state index contributed by atoms with van der Waals surface area (Å²) in [4.78, 5) is 11.6. The minimum atomic E-state index is 0.677. The number of aromatic nitrogens is 2. The van der Waals surface area contributed by atoms with Crippen LogP contribution < -0.4 is 19.7 Å². The molecule has 0 saturated carbocycles. The van der Waals surface area contributed by atoms with E-state index in [2.05, 4.69) is 22.1 Å². The highest BCUT2D eigenvalue weighted by Crippen LogP contribution is 2.31. The number of nitrogens with zero attached hydrogens (tertiary/aromatic N) is 3. The fourth-order valence-electron chi connectivity index (χ4n) is 3.17. The fraction of sp³-hybridized carbons (Fsp3) is 0.474. The van der Waals surface area contributed by atoms with Crippen LogP contribution >= 0.6 is 0 Å². The molecule has 1 N–H and O–H groups in total. The molecule has 1 fully saturated rings. The summed E-state index contributed by atoms with van der Waals surface area (Å²) in [5.41, 5.74) is 1.79. The molecule has 0 amide bonds. The molecule has 1 aromatic heterocycles. The van der Waals surface area contributed by atoms with E-state index >= 15 is 0 Å². The van der Waals surface area contributed by atoms with Crippen LogP contribution in [0.4, 0.5) is 17.5 Å². The molecule has 1 unspecified atom stereocenters. The minimum absolute atomic E-state index is 0.677. The van der Waals surface area contributed by atoms with Gasteiger partial charge in [0.05, 0.1) is 19.9 Å².